The molecule has 1 atom stereocenters. The summed E-state index contributed by atoms with van der Waals surface area (Å²) in [7, 11) is 0. The van der Waals surface area contributed by atoms with Crippen LogP contribution >= 0.6 is 0 Å². The van der Waals surface area contributed by atoms with Gasteiger partial charge in [-0.15, -0.1) is 0 Å². The third-order valence-electron chi connectivity index (χ3n) is 5.47. The maximum absolute atomic E-state index is 4.87. The first-order valence-electron chi connectivity index (χ1n) is 9.50. The van der Waals surface area contributed by atoms with Crippen molar-refractivity contribution in [3.8, 4) is 0 Å². The summed E-state index contributed by atoms with van der Waals surface area (Å²) < 4.78 is 2.28. The maximum Gasteiger partial charge on any atom is 0.135 e. The smallest absolute Gasteiger partial charge is 0.135 e. The van der Waals surface area contributed by atoms with Crippen LogP contribution in [0.2, 0.25) is 0 Å². The van der Waals surface area contributed by atoms with Gasteiger partial charge in [0.1, 0.15) is 17.5 Å². The van der Waals surface area contributed by atoms with Crippen LogP contribution in [0.25, 0.3) is 0 Å². The van der Waals surface area contributed by atoms with Crippen molar-refractivity contribution in [1.29, 1.82) is 0 Å². The Hall–Kier alpha value is -1.95. The Morgan fingerprint density at radius 3 is 2.92 bits per heavy atom. The molecule has 1 fully saturated rings. The van der Waals surface area contributed by atoms with Gasteiger partial charge in [0.05, 0.1) is 5.69 Å². The fourth-order valence-corrected chi connectivity index (χ4v) is 4.19. The van der Waals surface area contributed by atoms with Crippen LogP contribution in [0.3, 0.4) is 0 Å². The van der Waals surface area contributed by atoms with Crippen molar-refractivity contribution in [2.75, 3.05) is 31.1 Å². The van der Waals surface area contributed by atoms with Crippen LogP contribution in [0.15, 0.2) is 12.4 Å². The highest BCUT2D eigenvalue weighted by Crippen LogP contribution is 2.28. The van der Waals surface area contributed by atoms with Gasteiger partial charge in [0, 0.05) is 50.6 Å². The van der Waals surface area contributed by atoms with Gasteiger partial charge in [0.2, 0.25) is 0 Å². The summed E-state index contributed by atoms with van der Waals surface area (Å²) in [6, 6.07) is 0. The number of rotatable bonds is 3. The molecule has 0 spiro atoms. The Kier molecular flexibility index (Phi) is 4.70. The zero-order valence-corrected chi connectivity index (χ0v) is 15.3. The Morgan fingerprint density at radius 2 is 2.08 bits per heavy atom. The maximum atomic E-state index is 4.87. The van der Waals surface area contributed by atoms with E-state index in [4.69, 9.17) is 9.97 Å². The summed E-state index contributed by atoms with van der Waals surface area (Å²) in [5, 5.41) is 3.49. The number of fused-ring (bicyclic) bond motifs is 1. The lowest BCUT2D eigenvalue weighted by Gasteiger charge is -2.35. The van der Waals surface area contributed by atoms with E-state index in [1.807, 2.05) is 13.1 Å². The molecular formula is C19H28N6. The number of anilines is 1. The van der Waals surface area contributed by atoms with E-state index in [0.717, 1.165) is 57.2 Å². The third-order valence-corrected chi connectivity index (χ3v) is 5.47. The molecule has 2 aromatic rings. The molecule has 0 aliphatic carbocycles. The van der Waals surface area contributed by atoms with Crippen molar-refractivity contribution in [2.24, 2.45) is 5.92 Å². The lowest BCUT2D eigenvalue weighted by Crippen LogP contribution is -2.38. The van der Waals surface area contributed by atoms with E-state index in [9.17, 15) is 0 Å². The van der Waals surface area contributed by atoms with Crippen LogP contribution in [0.1, 0.15) is 35.7 Å². The second-order valence-corrected chi connectivity index (χ2v) is 7.35. The normalized spacial score (nSPS) is 21.0. The van der Waals surface area contributed by atoms with Crippen molar-refractivity contribution in [3.05, 3.63) is 35.3 Å². The second-order valence-electron chi connectivity index (χ2n) is 7.35. The third kappa shape index (κ3) is 3.54. The van der Waals surface area contributed by atoms with Crippen LogP contribution in [-0.4, -0.2) is 45.7 Å². The molecule has 6 heteroatoms. The average molecular weight is 340 g/mol. The van der Waals surface area contributed by atoms with Gasteiger partial charge in [-0.05, 0) is 45.6 Å². The molecule has 1 N–H and O–H groups in total. The van der Waals surface area contributed by atoms with Crippen molar-refractivity contribution in [1.82, 2.24) is 24.8 Å². The Morgan fingerprint density at radius 1 is 1.20 bits per heavy atom. The molecule has 2 aromatic heterocycles. The van der Waals surface area contributed by atoms with E-state index in [-0.39, 0.29) is 0 Å². The van der Waals surface area contributed by atoms with E-state index >= 15 is 0 Å². The Labute approximate surface area is 149 Å². The van der Waals surface area contributed by atoms with E-state index in [0.29, 0.717) is 5.92 Å². The van der Waals surface area contributed by atoms with Gasteiger partial charge in [-0.1, -0.05) is 0 Å². The van der Waals surface area contributed by atoms with Crippen LogP contribution in [0, 0.1) is 19.8 Å². The molecule has 25 heavy (non-hydrogen) atoms. The molecule has 2 aliphatic rings. The summed E-state index contributed by atoms with van der Waals surface area (Å²) in [6.45, 7) is 9.39. The fraction of sp³-hybridized carbons (Fsp3) is 0.632. The molecule has 0 radical (unpaired) electrons. The average Bonchev–Trinajstić information content (AvgIpc) is 2.87. The highest BCUT2D eigenvalue weighted by atomic mass is 15.2. The molecule has 0 aromatic carbocycles. The van der Waals surface area contributed by atoms with Crippen LogP contribution in [-0.2, 0) is 19.4 Å². The summed E-state index contributed by atoms with van der Waals surface area (Å²) in [5.41, 5.74) is 2.62. The molecule has 134 valence electrons. The van der Waals surface area contributed by atoms with Gasteiger partial charge < -0.3 is 14.8 Å². The summed E-state index contributed by atoms with van der Waals surface area (Å²) >= 11 is 0. The SMILES string of the molecule is Cc1nc2c(c(N3CCCC(Cn4ccnc4C)C3)n1)CCNCC2. The molecule has 4 heterocycles. The number of imidazole rings is 1. The van der Waals surface area contributed by atoms with E-state index in [2.05, 4.69) is 32.9 Å². The minimum atomic E-state index is 0.650. The molecule has 1 saturated heterocycles. The van der Waals surface area contributed by atoms with Crippen LogP contribution in [0.5, 0.6) is 0 Å². The molecular weight excluding hydrogens is 312 g/mol. The van der Waals surface area contributed by atoms with E-state index in [1.54, 1.807) is 0 Å². The number of piperidine rings is 1. The molecule has 6 nitrogen and oxygen atoms in total. The zero-order valence-electron chi connectivity index (χ0n) is 15.3. The summed E-state index contributed by atoms with van der Waals surface area (Å²) in [6.07, 6.45) is 8.55. The van der Waals surface area contributed by atoms with E-state index in [1.165, 1.54) is 29.9 Å². The van der Waals surface area contributed by atoms with Gasteiger partial charge in [-0.25, -0.2) is 15.0 Å². The number of hydrogen-bond acceptors (Lipinski definition) is 5. The number of nitrogens with one attached hydrogen (secondary N) is 1. The van der Waals surface area contributed by atoms with Gasteiger partial charge in [0.15, 0.2) is 0 Å². The number of nitrogens with zero attached hydrogens (tertiary/aromatic N) is 5. The van der Waals surface area contributed by atoms with Crippen molar-refractivity contribution >= 4 is 5.82 Å². The summed E-state index contributed by atoms with van der Waals surface area (Å²) in [4.78, 5) is 16.5. The van der Waals surface area contributed by atoms with Crippen molar-refractivity contribution < 1.29 is 0 Å². The monoisotopic (exact) mass is 340 g/mol. The first kappa shape index (κ1) is 16.5. The molecule has 2 aliphatic heterocycles. The van der Waals surface area contributed by atoms with Gasteiger partial charge in [-0.2, -0.15) is 0 Å². The molecule has 0 amide bonds. The highest BCUT2D eigenvalue weighted by molar-refractivity contribution is 5.50. The van der Waals surface area contributed by atoms with Gasteiger partial charge in [-0.3, -0.25) is 0 Å². The first-order valence-corrected chi connectivity index (χ1v) is 9.50. The molecule has 4 rings (SSSR count). The Balaban J connectivity index is 1.57. The van der Waals surface area contributed by atoms with Crippen LogP contribution < -0.4 is 10.2 Å². The standard InChI is InChI=1S/C19H28N6/c1-14-22-18-6-8-20-7-5-17(18)19(23-14)25-10-3-4-16(13-25)12-24-11-9-21-15(24)2/h9,11,16,20H,3-8,10,12-13H2,1-2H3. The predicted molar refractivity (Wildman–Crippen MR) is 98.9 cm³/mol. The molecule has 1 unspecified atom stereocenters. The summed E-state index contributed by atoms with van der Waals surface area (Å²) in [5.74, 6) is 3.85. The first-order chi connectivity index (χ1) is 12.2. The minimum absolute atomic E-state index is 0.650. The fourth-order valence-electron chi connectivity index (χ4n) is 4.19. The predicted octanol–water partition coefficient (Wildman–Crippen LogP) is 1.89. The topological polar surface area (TPSA) is 58.9 Å². The Bertz CT molecular complexity index is 738. The van der Waals surface area contributed by atoms with Crippen LogP contribution in [0.4, 0.5) is 5.82 Å². The zero-order chi connectivity index (χ0) is 17.2. The quantitative estimate of drug-likeness (QED) is 0.925. The van der Waals surface area contributed by atoms with Gasteiger partial charge in [0.25, 0.3) is 0 Å². The highest BCUT2D eigenvalue weighted by Gasteiger charge is 2.25. The molecule has 0 saturated carbocycles. The largest absolute Gasteiger partial charge is 0.356 e. The molecule has 0 bridgehead atoms. The van der Waals surface area contributed by atoms with Crippen molar-refractivity contribution in [2.45, 2.75) is 46.1 Å². The second kappa shape index (κ2) is 7.12. The number of aryl methyl sites for hydroxylation is 2. The lowest BCUT2D eigenvalue weighted by atomic mass is 9.97. The van der Waals surface area contributed by atoms with E-state index < -0.39 is 0 Å². The number of aromatic nitrogens is 4. The minimum Gasteiger partial charge on any atom is -0.356 e. The number of hydrogen-bond donors (Lipinski definition) is 1. The van der Waals surface area contributed by atoms with Gasteiger partial charge >= 0.3 is 0 Å². The van der Waals surface area contributed by atoms with Crippen molar-refractivity contribution in [3.63, 3.8) is 0 Å². The lowest BCUT2D eigenvalue weighted by molar-refractivity contribution is 0.362.